The number of hydrogen-bond donors (Lipinski definition) is 3. The fourth-order valence-electron chi connectivity index (χ4n) is 6.32. The standard InChI is InChI=1S/C39H39N5O4/c1-26(2)35(27-13-5-3-6-14-27)41-38(46)34-31-19-11-12-20-33(31)40-36(28-15-7-4-8-16-28)32(34)25-43-21-23-44(24-22-43)42-37(45)29-17-9-10-18-30(29)39(47)48/h3-20,26,35H,21-25H2,1-2H3,(H,41,46)(H,42,45)(H,47,48)/t35-/m0/s1. The summed E-state index contributed by atoms with van der Waals surface area (Å²) in [5.41, 5.74) is 7.92. The predicted octanol–water partition coefficient (Wildman–Crippen LogP) is 6.19. The molecule has 1 aliphatic heterocycles. The summed E-state index contributed by atoms with van der Waals surface area (Å²) in [6.07, 6.45) is 0. The molecule has 0 bridgehead atoms. The number of para-hydroxylation sites is 1. The normalized spacial score (nSPS) is 14.5. The number of carboxylic acid groups (broad SMARTS) is 1. The van der Waals surface area contributed by atoms with Crippen LogP contribution in [0.5, 0.6) is 0 Å². The van der Waals surface area contributed by atoms with Crippen LogP contribution in [-0.2, 0) is 6.54 Å². The Kier molecular flexibility index (Phi) is 9.89. The van der Waals surface area contributed by atoms with Crippen molar-refractivity contribution < 1.29 is 19.5 Å². The molecular weight excluding hydrogens is 602 g/mol. The molecular formula is C39H39N5O4. The molecule has 0 saturated carbocycles. The van der Waals surface area contributed by atoms with E-state index in [-0.39, 0.29) is 29.0 Å². The van der Waals surface area contributed by atoms with Gasteiger partial charge in [-0.25, -0.2) is 14.8 Å². The van der Waals surface area contributed by atoms with Gasteiger partial charge in [-0.3, -0.25) is 19.9 Å². The van der Waals surface area contributed by atoms with Gasteiger partial charge in [-0.05, 0) is 29.7 Å². The summed E-state index contributed by atoms with van der Waals surface area (Å²) in [4.78, 5) is 46.6. The average molecular weight is 642 g/mol. The summed E-state index contributed by atoms with van der Waals surface area (Å²) in [7, 11) is 0. The Hall–Kier alpha value is -5.38. The number of rotatable bonds is 10. The summed E-state index contributed by atoms with van der Waals surface area (Å²) in [5.74, 6) is -1.59. The van der Waals surface area contributed by atoms with Crippen molar-refractivity contribution in [2.24, 2.45) is 5.92 Å². The van der Waals surface area contributed by atoms with Crippen LogP contribution in [-0.4, -0.2) is 64.0 Å². The second-order valence-corrected chi connectivity index (χ2v) is 12.4. The summed E-state index contributed by atoms with van der Waals surface area (Å²) < 4.78 is 0. The minimum Gasteiger partial charge on any atom is -0.478 e. The highest BCUT2D eigenvalue weighted by Gasteiger charge is 2.28. The number of hydrogen-bond acceptors (Lipinski definition) is 6. The second kappa shape index (κ2) is 14.6. The maximum absolute atomic E-state index is 14.5. The van der Waals surface area contributed by atoms with E-state index in [2.05, 4.69) is 29.5 Å². The highest BCUT2D eigenvalue weighted by molar-refractivity contribution is 6.09. The number of nitrogens with zero attached hydrogens (tertiary/aromatic N) is 3. The van der Waals surface area contributed by atoms with E-state index in [9.17, 15) is 19.5 Å². The van der Waals surface area contributed by atoms with E-state index in [1.54, 1.807) is 12.1 Å². The van der Waals surface area contributed by atoms with E-state index in [4.69, 9.17) is 4.98 Å². The van der Waals surface area contributed by atoms with Gasteiger partial charge in [-0.1, -0.05) is 105 Å². The van der Waals surface area contributed by atoms with Crippen molar-refractivity contribution in [2.45, 2.75) is 26.4 Å². The summed E-state index contributed by atoms with van der Waals surface area (Å²) in [6, 6.07) is 33.8. The zero-order chi connectivity index (χ0) is 33.6. The van der Waals surface area contributed by atoms with Gasteiger partial charge < -0.3 is 10.4 Å². The van der Waals surface area contributed by atoms with E-state index in [0.29, 0.717) is 38.3 Å². The molecule has 0 unspecified atom stereocenters. The molecule has 1 fully saturated rings. The van der Waals surface area contributed by atoms with Crippen molar-refractivity contribution in [1.29, 1.82) is 0 Å². The molecule has 1 aliphatic rings. The molecule has 0 aliphatic carbocycles. The monoisotopic (exact) mass is 641 g/mol. The SMILES string of the molecule is CC(C)[C@H](NC(=O)c1c(CN2CCN(NC(=O)c3ccccc3C(=O)O)CC2)c(-c2ccccc2)nc2ccccc12)c1ccccc1. The van der Waals surface area contributed by atoms with Crippen molar-refractivity contribution in [3.63, 3.8) is 0 Å². The van der Waals surface area contributed by atoms with Crippen molar-refractivity contribution in [3.05, 3.63) is 137 Å². The van der Waals surface area contributed by atoms with Crippen LogP contribution < -0.4 is 10.7 Å². The molecule has 9 nitrogen and oxygen atoms in total. The Balaban J connectivity index is 1.31. The number of nitrogens with one attached hydrogen (secondary N) is 2. The van der Waals surface area contributed by atoms with Crippen LogP contribution in [0.2, 0.25) is 0 Å². The highest BCUT2D eigenvalue weighted by atomic mass is 16.4. The van der Waals surface area contributed by atoms with Crippen LogP contribution in [0.1, 0.15) is 62.1 Å². The molecule has 3 N–H and O–H groups in total. The third-order valence-corrected chi connectivity index (χ3v) is 8.80. The lowest BCUT2D eigenvalue weighted by molar-refractivity contribution is 0.0591. The first-order valence-corrected chi connectivity index (χ1v) is 16.2. The molecule has 5 aromatic rings. The van der Waals surface area contributed by atoms with E-state index < -0.39 is 11.9 Å². The van der Waals surface area contributed by atoms with Gasteiger partial charge in [0.1, 0.15) is 0 Å². The van der Waals surface area contributed by atoms with Crippen LogP contribution in [0, 0.1) is 5.92 Å². The van der Waals surface area contributed by atoms with Gasteiger partial charge in [0, 0.05) is 49.2 Å². The zero-order valence-corrected chi connectivity index (χ0v) is 27.1. The number of pyridine rings is 1. The lowest BCUT2D eigenvalue weighted by atomic mass is 9.93. The van der Waals surface area contributed by atoms with E-state index >= 15 is 0 Å². The Morgan fingerprint density at radius 3 is 2.02 bits per heavy atom. The third-order valence-electron chi connectivity index (χ3n) is 8.80. The first-order chi connectivity index (χ1) is 23.3. The summed E-state index contributed by atoms with van der Waals surface area (Å²) >= 11 is 0. The number of aromatic carboxylic acids is 1. The maximum atomic E-state index is 14.5. The van der Waals surface area contributed by atoms with E-state index in [1.165, 1.54) is 12.1 Å². The molecule has 2 heterocycles. The Bertz CT molecular complexity index is 1920. The molecule has 1 saturated heterocycles. The van der Waals surface area contributed by atoms with Crippen LogP contribution in [0.25, 0.3) is 22.2 Å². The highest BCUT2D eigenvalue weighted by Crippen LogP contribution is 2.33. The number of fused-ring (bicyclic) bond motifs is 1. The van der Waals surface area contributed by atoms with Crippen LogP contribution >= 0.6 is 0 Å². The van der Waals surface area contributed by atoms with Gasteiger partial charge in [-0.15, -0.1) is 0 Å². The first-order valence-electron chi connectivity index (χ1n) is 16.2. The number of aromatic nitrogens is 1. The molecule has 1 atom stereocenters. The van der Waals surface area contributed by atoms with Crippen LogP contribution in [0.15, 0.2) is 109 Å². The number of carboxylic acids is 1. The number of piperazine rings is 1. The lowest BCUT2D eigenvalue weighted by Gasteiger charge is -2.35. The molecule has 244 valence electrons. The fraction of sp³-hybridized carbons (Fsp3) is 0.231. The molecule has 0 spiro atoms. The molecule has 2 amide bonds. The number of benzene rings is 4. The Morgan fingerprint density at radius 1 is 0.750 bits per heavy atom. The minimum atomic E-state index is -1.15. The maximum Gasteiger partial charge on any atom is 0.336 e. The lowest BCUT2D eigenvalue weighted by Crippen LogP contribution is -2.53. The minimum absolute atomic E-state index is 0.0383. The van der Waals surface area contributed by atoms with Gasteiger partial charge in [0.2, 0.25) is 0 Å². The molecule has 48 heavy (non-hydrogen) atoms. The molecule has 9 heteroatoms. The predicted molar refractivity (Wildman–Crippen MR) is 186 cm³/mol. The van der Waals surface area contributed by atoms with Gasteiger partial charge in [-0.2, -0.15) is 0 Å². The van der Waals surface area contributed by atoms with Gasteiger partial charge in [0.15, 0.2) is 0 Å². The fourth-order valence-corrected chi connectivity index (χ4v) is 6.32. The number of carbonyl (C=O) groups is 3. The average Bonchev–Trinajstić information content (AvgIpc) is 3.11. The number of carbonyl (C=O) groups excluding carboxylic acids is 2. The van der Waals surface area contributed by atoms with E-state index in [1.807, 2.05) is 89.9 Å². The van der Waals surface area contributed by atoms with Crippen molar-refractivity contribution in [1.82, 2.24) is 25.6 Å². The number of amides is 2. The largest absolute Gasteiger partial charge is 0.478 e. The molecule has 1 aromatic heterocycles. The quantitative estimate of drug-likeness (QED) is 0.167. The van der Waals surface area contributed by atoms with Crippen molar-refractivity contribution >= 4 is 28.7 Å². The van der Waals surface area contributed by atoms with Crippen LogP contribution in [0.3, 0.4) is 0 Å². The van der Waals surface area contributed by atoms with Gasteiger partial charge in [0.25, 0.3) is 11.8 Å². The van der Waals surface area contributed by atoms with Gasteiger partial charge in [0.05, 0.1) is 33.9 Å². The van der Waals surface area contributed by atoms with E-state index in [0.717, 1.165) is 33.3 Å². The molecule has 0 radical (unpaired) electrons. The van der Waals surface area contributed by atoms with Crippen LogP contribution in [0.4, 0.5) is 0 Å². The second-order valence-electron chi connectivity index (χ2n) is 12.4. The summed E-state index contributed by atoms with van der Waals surface area (Å²) in [5, 5.41) is 15.5. The molecule has 4 aromatic carbocycles. The zero-order valence-electron chi connectivity index (χ0n) is 27.1. The Labute approximate surface area is 280 Å². The number of hydrazine groups is 1. The first kappa shape index (κ1) is 32.6. The Morgan fingerprint density at radius 2 is 1.35 bits per heavy atom. The summed E-state index contributed by atoms with van der Waals surface area (Å²) in [6.45, 7) is 6.96. The molecule has 6 rings (SSSR count). The van der Waals surface area contributed by atoms with Crippen molar-refractivity contribution in [2.75, 3.05) is 26.2 Å². The topological polar surface area (TPSA) is 115 Å². The smallest absolute Gasteiger partial charge is 0.336 e. The van der Waals surface area contributed by atoms with Crippen molar-refractivity contribution in [3.8, 4) is 11.3 Å². The third kappa shape index (κ3) is 7.12. The van der Waals surface area contributed by atoms with Gasteiger partial charge >= 0.3 is 5.97 Å².